The molecule has 1 aromatic heterocycles. The molecule has 0 aliphatic rings. The van der Waals surface area contributed by atoms with Crippen LogP contribution in [0.1, 0.15) is 0 Å². The number of hydrogen-bond donors (Lipinski definition) is 2. The van der Waals surface area contributed by atoms with Gasteiger partial charge >= 0.3 is 6.03 Å². The van der Waals surface area contributed by atoms with Crippen molar-refractivity contribution in [1.29, 1.82) is 0 Å². The average Bonchev–Trinajstić information content (AvgIpc) is 1.93. The summed E-state index contributed by atoms with van der Waals surface area (Å²) < 4.78 is 1.00. The summed E-state index contributed by atoms with van der Waals surface area (Å²) in [5, 5.41) is 0. The van der Waals surface area contributed by atoms with Gasteiger partial charge in [-0.1, -0.05) is 6.07 Å². The molecule has 0 saturated heterocycles. The van der Waals surface area contributed by atoms with Crippen LogP contribution in [0.2, 0.25) is 0 Å². The van der Waals surface area contributed by atoms with Crippen LogP contribution in [-0.4, -0.2) is 10.7 Å². The summed E-state index contributed by atoms with van der Waals surface area (Å²) in [7, 11) is 0. The molecule has 0 radical (unpaired) electrons. The molecule has 1 heterocycles. The van der Waals surface area contributed by atoms with Crippen molar-refractivity contribution in [3.05, 3.63) is 34.7 Å². The molecule has 0 saturated carbocycles. The van der Waals surface area contributed by atoms with Crippen LogP contribution in [0.15, 0.2) is 29.2 Å². The Labute approximate surface area is 62.4 Å². The topological polar surface area (TPSA) is 77.1 Å². The quantitative estimate of drug-likeness (QED) is 0.569. The van der Waals surface area contributed by atoms with E-state index >= 15 is 0 Å². The standard InChI is InChI=1S/C6H7N3O2/c7-6(11)8-9-4-2-1-3-5(9)10/h1-4H,(H3,7,8,11). The third kappa shape index (κ3) is 1.82. The number of carbonyl (C=O) groups is 1. The third-order valence-electron chi connectivity index (χ3n) is 1.05. The highest BCUT2D eigenvalue weighted by Crippen LogP contribution is 1.75. The fraction of sp³-hybridized carbons (Fsp3) is 0. The van der Waals surface area contributed by atoms with Gasteiger partial charge in [-0.25, -0.2) is 14.9 Å². The van der Waals surface area contributed by atoms with Crippen LogP contribution >= 0.6 is 0 Å². The lowest BCUT2D eigenvalue weighted by molar-refractivity contribution is 0.256. The van der Waals surface area contributed by atoms with Crippen molar-refractivity contribution >= 4 is 6.03 Å². The summed E-state index contributed by atoms with van der Waals surface area (Å²) in [4.78, 5) is 21.1. The number of pyridine rings is 1. The van der Waals surface area contributed by atoms with Crippen LogP contribution in [0.3, 0.4) is 0 Å². The Morgan fingerprint density at radius 3 is 2.82 bits per heavy atom. The monoisotopic (exact) mass is 153 g/mol. The predicted molar refractivity (Wildman–Crippen MR) is 39.6 cm³/mol. The highest BCUT2D eigenvalue weighted by atomic mass is 16.2. The number of amides is 2. The minimum Gasteiger partial charge on any atom is -0.350 e. The lowest BCUT2D eigenvalue weighted by Gasteiger charge is -2.02. The molecule has 0 atom stereocenters. The van der Waals surface area contributed by atoms with Gasteiger partial charge in [-0.2, -0.15) is 0 Å². The Morgan fingerprint density at radius 1 is 1.55 bits per heavy atom. The van der Waals surface area contributed by atoms with E-state index in [0.29, 0.717) is 0 Å². The predicted octanol–water partition coefficient (Wildman–Crippen LogP) is -0.530. The first-order valence-electron chi connectivity index (χ1n) is 2.94. The second kappa shape index (κ2) is 2.87. The van der Waals surface area contributed by atoms with Gasteiger partial charge in [0.25, 0.3) is 5.56 Å². The first-order valence-corrected chi connectivity index (χ1v) is 2.94. The van der Waals surface area contributed by atoms with E-state index in [1.54, 1.807) is 12.1 Å². The molecule has 58 valence electrons. The summed E-state index contributed by atoms with van der Waals surface area (Å²) in [5.41, 5.74) is 6.57. The van der Waals surface area contributed by atoms with Crippen LogP contribution in [0.4, 0.5) is 4.79 Å². The molecule has 11 heavy (non-hydrogen) atoms. The van der Waals surface area contributed by atoms with Crippen molar-refractivity contribution in [2.24, 2.45) is 5.73 Å². The molecule has 1 aromatic rings. The van der Waals surface area contributed by atoms with E-state index in [4.69, 9.17) is 5.73 Å². The van der Waals surface area contributed by atoms with Gasteiger partial charge in [0.05, 0.1) is 0 Å². The van der Waals surface area contributed by atoms with Crippen molar-refractivity contribution < 1.29 is 4.79 Å². The average molecular weight is 153 g/mol. The van der Waals surface area contributed by atoms with Crippen LogP contribution in [0.5, 0.6) is 0 Å². The molecule has 0 aliphatic carbocycles. The van der Waals surface area contributed by atoms with Crippen LogP contribution in [0, 0.1) is 0 Å². The van der Waals surface area contributed by atoms with E-state index in [0.717, 1.165) is 4.68 Å². The van der Waals surface area contributed by atoms with Gasteiger partial charge < -0.3 is 5.73 Å². The minimum atomic E-state index is -0.765. The summed E-state index contributed by atoms with van der Waals surface area (Å²) in [6, 6.07) is 3.73. The Hall–Kier alpha value is -1.78. The normalized spacial score (nSPS) is 9.09. The second-order valence-corrected chi connectivity index (χ2v) is 1.88. The van der Waals surface area contributed by atoms with Gasteiger partial charge in [-0.05, 0) is 6.07 Å². The van der Waals surface area contributed by atoms with Gasteiger partial charge in [0.15, 0.2) is 0 Å². The van der Waals surface area contributed by atoms with Crippen molar-refractivity contribution in [2.75, 3.05) is 5.43 Å². The van der Waals surface area contributed by atoms with Crippen LogP contribution < -0.4 is 16.7 Å². The largest absolute Gasteiger partial charge is 0.350 e. The maximum atomic E-state index is 10.8. The van der Waals surface area contributed by atoms with Crippen LogP contribution in [0.25, 0.3) is 0 Å². The molecule has 0 unspecified atom stereocenters. The van der Waals surface area contributed by atoms with E-state index in [9.17, 15) is 9.59 Å². The molecule has 5 heteroatoms. The van der Waals surface area contributed by atoms with E-state index in [1.807, 2.05) is 0 Å². The van der Waals surface area contributed by atoms with Crippen molar-refractivity contribution in [1.82, 2.24) is 4.68 Å². The van der Waals surface area contributed by atoms with Crippen molar-refractivity contribution in [2.45, 2.75) is 0 Å². The summed E-state index contributed by atoms with van der Waals surface area (Å²) in [6.07, 6.45) is 1.41. The molecule has 0 fully saturated rings. The molecule has 0 bridgehead atoms. The van der Waals surface area contributed by atoms with Gasteiger partial charge in [0.1, 0.15) is 0 Å². The SMILES string of the molecule is NC(=O)Nn1ccccc1=O. The maximum absolute atomic E-state index is 10.8. The van der Waals surface area contributed by atoms with Gasteiger partial charge in [-0.3, -0.25) is 4.79 Å². The number of aromatic nitrogens is 1. The first-order chi connectivity index (χ1) is 5.20. The molecular weight excluding hydrogens is 146 g/mol. The van der Waals surface area contributed by atoms with Gasteiger partial charge in [0, 0.05) is 12.3 Å². The summed E-state index contributed by atoms with van der Waals surface area (Å²) >= 11 is 0. The third-order valence-corrected chi connectivity index (χ3v) is 1.05. The molecule has 1 rings (SSSR count). The molecule has 0 aliphatic heterocycles. The van der Waals surface area contributed by atoms with Gasteiger partial charge in [0.2, 0.25) is 0 Å². The lowest BCUT2D eigenvalue weighted by atomic mass is 10.5. The number of primary amides is 1. The minimum absolute atomic E-state index is 0.327. The number of nitrogens with two attached hydrogens (primary N) is 1. The number of nitrogens with one attached hydrogen (secondary N) is 1. The Morgan fingerprint density at radius 2 is 2.27 bits per heavy atom. The molecule has 5 nitrogen and oxygen atoms in total. The fourth-order valence-electron chi connectivity index (χ4n) is 0.638. The van der Waals surface area contributed by atoms with Crippen molar-refractivity contribution in [3.63, 3.8) is 0 Å². The number of carbonyl (C=O) groups excluding carboxylic acids is 1. The summed E-state index contributed by atoms with van der Waals surface area (Å²) in [6.45, 7) is 0. The molecule has 2 amide bonds. The Kier molecular flexibility index (Phi) is 1.91. The van der Waals surface area contributed by atoms with Crippen LogP contribution in [-0.2, 0) is 0 Å². The van der Waals surface area contributed by atoms with E-state index < -0.39 is 6.03 Å². The smallest absolute Gasteiger partial charge is 0.331 e. The summed E-state index contributed by atoms with van der Waals surface area (Å²) in [5.74, 6) is 0. The number of nitrogens with zero attached hydrogens (tertiary/aromatic N) is 1. The van der Waals surface area contributed by atoms with E-state index in [2.05, 4.69) is 5.43 Å². The Bertz CT molecular complexity index is 318. The lowest BCUT2D eigenvalue weighted by Crippen LogP contribution is -2.35. The van der Waals surface area contributed by atoms with Gasteiger partial charge in [-0.15, -0.1) is 0 Å². The zero-order chi connectivity index (χ0) is 8.27. The number of hydrogen-bond acceptors (Lipinski definition) is 2. The zero-order valence-corrected chi connectivity index (χ0v) is 5.65. The zero-order valence-electron chi connectivity index (χ0n) is 5.65. The van der Waals surface area contributed by atoms with E-state index in [-0.39, 0.29) is 5.56 Å². The second-order valence-electron chi connectivity index (χ2n) is 1.88. The first kappa shape index (κ1) is 7.33. The fourth-order valence-corrected chi connectivity index (χ4v) is 0.638. The molecule has 3 N–H and O–H groups in total. The molecule has 0 spiro atoms. The number of rotatable bonds is 1. The number of urea groups is 1. The Balaban J connectivity index is 2.95. The molecular formula is C6H7N3O2. The van der Waals surface area contributed by atoms with E-state index in [1.165, 1.54) is 12.3 Å². The highest BCUT2D eigenvalue weighted by molar-refractivity contribution is 5.79. The highest BCUT2D eigenvalue weighted by Gasteiger charge is 1.93. The molecule has 0 aromatic carbocycles. The maximum Gasteiger partial charge on any atom is 0.331 e. The van der Waals surface area contributed by atoms with Crippen molar-refractivity contribution in [3.8, 4) is 0 Å².